The SMILES string of the molecule is CCCc1cc(N2CCn3nc(C(O)Cc4ccccc4)cc3C2)nc(C)n1. The van der Waals surface area contributed by atoms with Gasteiger partial charge in [-0.2, -0.15) is 5.10 Å². The van der Waals surface area contributed by atoms with Crippen molar-refractivity contribution < 1.29 is 5.11 Å². The van der Waals surface area contributed by atoms with Crippen molar-refractivity contribution in [3.63, 3.8) is 0 Å². The molecule has 1 unspecified atom stereocenters. The van der Waals surface area contributed by atoms with Crippen molar-refractivity contribution in [3.8, 4) is 0 Å². The van der Waals surface area contributed by atoms with Gasteiger partial charge >= 0.3 is 0 Å². The average molecular weight is 377 g/mol. The molecule has 2 aromatic heterocycles. The van der Waals surface area contributed by atoms with Crippen LogP contribution in [0.25, 0.3) is 0 Å². The Morgan fingerprint density at radius 2 is 1.93 bits per heavy atom. The molecule has 3 heterocycles. The summed E-state index contributed by atoms with van der Waals surface area (Å²) >= 11 is 0. The molecule has 0 radical (unpaired) electrons. The van der Waals surface area contributed by atoms with E-state index in [0.29, 0.717) is 6.42 Å². The molecule has 1 aliphatic rings. The van der Waals surface area contributed by atoms with Gasteiger partial charge in [-0.3, -0.25) is 4.68 Å². The highest BCUT2D eigenvalue weighted by atomic mass is 16.3. The Morgan fingerprint density at radius 3 is 2.71 bits per heavy atom. The van der Waals surface area contributed by atoms with Gasteiger partial charge in [0.2, 0.25) is 0 Å². The predicted octanol–water partition coefficient (Wildman–Crippen LogP) is 3.23. The number of aryl methyl sites for hydroxylation is 2. The summed E-state index contributed by atoms with van der Waals surface area (Å²) in [6.45, 7) is 6.51. The first-order valence-corrected chi connectivity index (χ1v) is 10.0. The van der Waals surface area contributed by atoms with Crippen molar-refractivity contribution >= 4 is 5.82 Å². The molecular weight excluding hydrogens is 350 g/mol. The van der Waals surface area contributed by atoms with E-state index in [-0.39, 0.29) is 0 Å². The highest BCUT2D eigenvalue weighted by molar-refractivity contribution is 5.41. The Labute approximate surface area is 165 Å². The third-order valence-corrected chi connectivity index (χ3v) is 5.14. The van der Waals surface area contributed by atoms with Gasteiger partial charge in [0.05, 0.1) is 24.5 Å². The maximum absolute atomic E-state index is 10.6. The third-order valence-electron chi connectivity index (χ3n) is 5.14. The van der Waals surface area contributed by atoms with Crippen LogP contribution in [0.1, 0.15) is 47.9 Å². The summed E-state index contributed by atoms with van der Waals surface area (Å²) in [5.41, 5.74) is 4.07. The smallest absolute Gasteiger partial charge is 0.132 e. The first kappa shape index (κ1) is 18.6. The first-order valence-electron chi connectivity index (χ1n) is 10.0. The van der Waals surface area contributed by atoms with Crippen molar-refractivity contribution in [1.29, 1.82) is 0 Å². The summed E-state index contributed by atoms with van der Waals surface area (Å²) in [5.74, 6) is 1.80. The van der Waals surface area contributed by atoms with Gasteiger partial charge in [-0.05, 0) is 25.0 Å². The zero-order valence-corrected chi connectivity index (χ0v) is 16.5. The summed E-state index contributed by atoms with van der Waals surface area (Å²) in [7, 11) is 0. The lowest BCUT2D eigenvalue weighted by molar-refractivity contribution is 0.172. The molecule has 0 saturated heterocycles. The molecular formula is C22H27N5O. The number of anilines is 1. The fraction of sp³-hybridized carbons (Fsp3) is 0.409. The van der Waals surface area contributed by atoms with Gasteiger partial charge in [0.15, 0.2) is 0 Å². The molecule has 4 rings (SSSR count). The lowest BCUT2D eigenvalue weighted by Gasteiger charge is -2.29. The molecule has 6 heteroatoms. The van der Waals surface area contributed by atoms with E-state index in [1.54, 1.807) is 0 Å². The van der Waals surface area contributed by atoms with Crippen LogP contribution in [0.5, 0.6) is 0 Å². The number of aliphatic hydroxyl groups is 1. The second-order valence-corrected chi connectivity index (χ2v) is 7.43. The molecule has 28 heavy (non-hydrogen) atoms. The van der Waals surface area contributed by atoms with Crippen LogP contribution >= 0.6 is 0 Å². The molecule has 0 aliphatic carbocycles. The number of rotatable bonds is 6. The minimum atomic E-state index is -0.591. The summed E-state index contributed by atoms with van der Waals surface area (Å²) in [4.78, 5) is 11.5. The number of aliphatic hydroxyl groups excluding tert-OH is 1. The molecule has 0 bridgehead atoms. The van der Waals surface area contributed by atoms with E-state index in [0.717, 1.165) is 66.8 Å². The van der Waals surface area contributed by atoms with Gasteiger partial charge in [0.1, 0.15) is 17.7 Å². The number of hydrogen-bond acceptors (Lipinski definition) is 5. The van der Waals surface area contributed by atoms with Crippen LogP contribution in [0.3, 0.4) is 0 Å². The Hall–Kier alpha value is -2.73. The quantitative estimate of drug-likeness (QED) is 0.714. The third kappa shape index (κ3) is 4.07. The van der Waals surface area contributed by atoms with Crippen molar-refractivity contribution in [2.75, 3.05) is 11.4 Å². The van der Waals surface area contributed by atoms with Crippen LogP contribution in [0.2, 0.25) is 0 Å². The lowest BCUT2D eigenvalue weighted by atomic mass is 10.1. The molecule has 1 atom stereocenters. The zero-order chi connectivity index (χ0) is 19.5. The van der Waals surface area contributed by atoms with Crippen molar-refractivity contribution in [1.82, 2.24) is 19.7 Å². The molecule has 0 fully saturated rings. The summed E-state index contributed by atoms with van der Waals surface area (Å²) in [6, 6.07) is 14.2. The predicted molar refractivity (Wildman–Crippen MR) is 109 cm³/mol. The Morgan fingerprint density at radius 1 is 1.11 bits per heavy atom. The molecule has 3 aromatic rings. The normalized spacial score (nSPS) is 14.8. The minimum absolute atomic E-state index is 0.576. The molecule has 0 amide bonds. The summed E-state index contributed by atoms with van der Waals surface area (Å²) in [5, 5.41) is 15.3. The van der Waals surface area contributed by atoms with Crippen LogP contribution in [-0.4, -0.2) is 31.4 Å². The van der Waals surface area contributed by atoms with Crippen LogP contribution in [0, 0.1) is 6.92 Å². The second kappa shape index (κ2) is 8.10. The molecule has 1 aliphatic heterocycles. The fourth-order valence-corrected chi connectivity index (χ4v) is 3.75. The Kier molecular flexibility index (Phi) is 5.39. The number of fused-ring (bicyclic) bond motifs is 1. The van der Waals surface area contributed by atoms with E-state index in [2.05, 4.69) is 33.0 Å². The van der Waals surface area contributed by atoms with Gasteiger partial charge in [-0.25, -0.2) is 9.97 Å². The number of benzene rings is 1. The average Bonchev–Trinajstić information content (AvgIpc) is 3.12. The Balaban J connectivity index is 1.50. The molecule has 0 spiro atoms. The van der Waals surface area contributed by atoms with E-state index in [1.165, 1.54) is 0 Å². The van der Waals surface area contributed by atoms with Crippen molar-refractivity contribution in [2.24, 2.45) is 0 Å². The van der Waals surface area contributed by atoms with Crippen molar-refractivity contribution in [2.45, 2.75) is 52.3 Å². The fourth-order valence-electron chi connectivity index (χ4n) is 3.75. The van der Waals surface area contributed by atoms with Crippen LogP contribution in [0.15, 0.2) is 42.5 Å². The largest absolute Gasteiger partial charge is 0.386 e. The standard InChI is InChI=1S/C22H27N5O/c1-3-7-18-13-22(24-16(2)23-18)26-10-11-27-19(15-26)14-20(25-27)21(28)12-17-8-5-4-6-9-17/h4-6,8-9,13-14,21,28H,3,7,10-12,15H2,1-2H3. The van der Waals surface area contributed by atoms with E-state index in [4.69, 9.17) is 0 Å². The molecule has 0 saturated carbocycles. The van der Waals surface area contributed by atoms with E-state index in [9.17, 15) is 5.11 Å². The number of aromatic nitrogens is 4. The maximum Gasteiger partial charge on any atom is 0.132 e. The summed E-state index contributed by atoms with van der Waals surface area (Å²) in [6.07, 6.45) is 2.03. The Bertz CT molecular complexity index is 937. The lowest BCUT2D eigenvalue weighted by Crippen LogP contribution is -2.34. The van der Waals surface area contributed by atoms with Gasteiger partial charge in [-0.15, -0.1) is 0 Å². The highest BCUT2D eigenvalue weighted by Crippen LogP contribution is 2.24. The molecule has 1 aromatic carbocycles. The molecule has 1 N–H and O–H groups in total. The van der Waals surface area contributed by atoms with E-state index < -0.39 is 6.10 Å². The molecule has 146 valence electrons. The zero-order valence-electron chi connectivity index (χ0n) is 16.5. The van der Waals surface area contributed by atoms with Gasteiger partial charge in [0.25, 0.3) is 0 Å². The number of nitrogens with zero attached hydrogens (tertiary/aromatic N) is 5. The van der Waals surface area contributed by atoms with Crippen LogP contribution in [-0.2, 0) is 25.9 Å². The number of hydrogen-bond donors (Lipinski definition) is 1. The van der Waals surface area contributed by atoms with Gasteiger partial charge in [0, 0.05) is 24.7 Å². The minimum Gasteiger partial charge on any atom is -0.386 e. The maximum atomic E-state index is 10.6. The highest BCUT2D eigenvalue weighted by Gasteiger charge is 2.22. The van der Waals surface area contributed by atoms with E-state index in [1.807, 2.05) is 48.0 Å². The van der Waals surface area contributed by atoms with E-state index >= 15 is 0 Å². The van der Waals surface area contributed by atoms with Gasteiger partial charge in [-0.1, -0.05) is 43.7 Å². The van der Waals surface area contributed by atoms with Gasteiger partial charge < -0.3 is 10.0 Å². The first-order chi connectivity index (χ1) is 13.6. The molecule has 6 nitrogen and oxygen atoms in total. The monoisotopic (exact) mass is 377 g/mol. The van der Waals surface area contributed by atoms with Crippen molar-refractivity contribution in [3.05, 3.63) is 70.9 Å². The second-order valence-electron chi connectivity index (χ2n) is 7.43. The van der Waals surface area contributed by atoms with Crippen LogP contribution < -0.4 is 4.90 Å². The topological polar surface area (TPSA) is 67.1 Å². The summed E-state index contributed by atoms with van der Waals surface area (Å²) < 4.78 is 2.01. The van der Waals surface area contributed by atoms with Crippen LogP contribution in [0.4, 0.5) is 5.82 Å².